The summed E-state index contributed by atoms with van der Waals surface area (Å²) in [4.78, 5) is 0. The Hall–Kier alpha value is -1.26. The SMILES string of the molecule is CCNC(Cc1cc(C)ccc1OC)c1ccoc1Br. The molecule has 0 spiro atoms. The first-order chi connectivity index (χ1) is 9.65. The molecule has 2 aromatic rings. The topological polar surface area (TPSA) is 34.4 Å². The van der Waals surface area contributed by atoms with Gasteiger partial charge in [0.15, 0.2) is 4.67 Å². The maximum Gasteiger partial charge on any atom is 0.173 e. The Kier molecular flexibility index (Phi) is 5.26. The first-order valence-corrected chi connectivity index (χ1v) is 7.54. The smallest absolute Gasteiger partial charge is 0.173 e. The van der Waals surface area contributed by atoms with Gasteiger partial charge in [-0.05, 0) is 53.5 Å². The second-order valence-corrected chi connectivity index (χ2v) is 5.50. The van der Waals surface area contributed by atoms with Gasteiger partial charge in [0.05, 0.1) is 13.4 Å². The van der Waals surface area contributed by atoms with E-state index in [0.29, 0.717) is 0 Å². The molecule has 4 heteroatoms. The quantitative estimate of drug-likeness (QED) is 0.855. The standard InChI is InChI=1S/C16H20BrNO2/c1-4-18-14(13-7-8-20-16(13)17)10-12-9-11(2)5-6-15(12)19-3/h5-9,14,18H,4,10H2,1-3H3. The van der Waals surface area contributed by atoms with E-state index in [0.717, 1.165) is 28.9 Å². The number of ether oxygens (including phenoxy) is 1. The molecule has 0 amide bonds. The monoisotopic (exact) mass is 337 g/mol. The van der Waals surface area contributed by atoms with Crippen LogP contribution in [0.2, 0.25) is 0 Å². The van der Waals surface area contributed by atoms with E-state index in [4.69, 9.17) is 9.15 Å². The lowest BCUT2D eigenvalue weighted by atomic mass is 9.99. The summed E-state index contributed by atoms with van der Waals surface area (Å²) in [5.41, 5.74) is 3.57. The van der Waals surface area contributed by atoms with Crippen LogP contribution in [0.15, 0.2) is 39.6 Å². The number of furan rings is 1. The fourth-order valence-corrected chi connectivity index (χ4v) is 2.90. The van der Waals surface area contributed by atoms with Crippen molar-refractivity contribution < 1.29 is 9.15 Å². The van der Waals surface area contributed by atoms with E-state index >= 15 is 0 Å². The minimum absolute atomic E-state index is 0.198. The summed E-state index contributed by atoms with van der Waals surface area (Å²) >= 11 is 3.46. The van der Waals surface area contributed by atoms with Crippen molar-refractivity contribution >= 4 is 15.9 Å². The molecule has 0 saturated heterocycles. The number of methoxy groups -OCH3 is 1. The highest BCUT2D eigenvalue weighted by Gasteiger charge is 2.18. The highest BCUT2D eigenvalue weighted by atomic mass is 79.9. The fraction of sp³-hybridized carbons (Fsp3) is 0.375. The fourth-order valence-electron chi connectivity index (χ4n) is 2.38. The van der Waals surface area contributed by atoms with Crippen LogP contribution in [-0.2, 0) is 6.42 Å². The molecule has 0 saturated carbocycles. The van der Waals surface area contributed by atoms with Crippen molar-refractivity contribution in [3.05, 3.63) is 51.9 Å². The maximum absolute atomic E-state index is 5.46. The van der Waals surface area contributed by atoms with Gasteiger partial charge < -0.3 is 14.5 Å². The first-order valence-electron chi connectivity index (χ1n) is 6.75. The summed E-state index contributed by atoms with van der Waals surface area (Å²) in [6.07, 6.45) is 2.56. The van der Waals surface area contributed by atoms with Gasteiger partial charge in [-0.15, -0.1) is 0 Å². The lowest BCUT2D eigenvalue weighted by molar-refractivity contribution is 0.405. The molecular weight excluding hydrogens is 318 g/mol. The van der Waals surface area contributed by atoms with Crippen molar-refractivity contribution in [2.75, 3.05) is 13.7 Å². The minimum atomic E-state index is 0.198. The summed E-state index contributed by atoms with van der Waals surface area (Å²) in [7, 11) is 1.71. The molecule has 0 fully saturated rings. The van der Waals surface area contributed by atoms with Crippen molar-refractivity contribution in [1.82, 2.24) is 5.32 Å². The number of likely N-dealkylation sites (N-methyl/N-ethyl adjacent to an activating group) is 1. The number of rotatable bonds is 6. The van der Waals surface area contributed by atoms with E-state index in [1.807, 2.05) is 12.1 Å². The zero-order chi connectivity index (χ0) is 14.5. The molecule has 20 heavy (non-hydrogen) atoms. The predicted octanol–water partition coefficient (Wildman–Crippen LogP) is 4.25. The van der Waals surface area contributed by atoms with Crippen LogP contribution >= 0.6 is 15.9 Å². The first kappa shape index (κ1) is 15.1. The number of halogens is 1. The lowest BCUT2D eigenvalue weighted by Gasteiger charge is -2.19. The van der Waals surface area contributed by atoms with E-state index in [1.165, 1.54) is 11.1 Å². The van der Waals surface area contributed by atoms with Crippen LogP contribution in [0.5, 0.6) is 5.75 Å². The zero-order valence-corrected chi connectivity index (χ0v) is 13.7. The van der Waals surface area contributed by atoms with Gasteiger partial charge in [0.1, 0.15) is 5.75 Å². The maximum atomic E-state index is 5.46. The van der Waals surface area contributed by atoms with Gasteiger partial charge in [0.25, 0.3) is 0 Å². The summed E-state index contributed by atoms with van der Waals surface area (Å²) in [6.45, 7) is 5.10. The molecule has 1 aromatic heterocycles. The number of hydrogen-bond acceptors (Lipinski definition) is 3. The average molecular weight is 338 g/mol. The summed E-state index contributed by atoms with van der Waals surface area (Å²) in [5.74, 6) is 0.929. The number of benzene rings is 1. The van der Waals surface area contributed by atoms with E-state index in [2.05, 4.69) is 47.2 Å². The van der Waals surface area contributed by atoms with Gasteiger partial charge in [-0.3, -0.25) is 0 Å². The lowest BCUT2D eigenvalue weighted by Crippen LogP contribution is -2.23. The van der Waals surface area contributed by atoms with Crippen LogP contribution in [0.1, 0.15) is 29.7 Å². The number of hydrogen-bond donors (Lipinski definition) is 1. The summed E-state index contributed by atoms with van der Waals surface area (Å²) in [5, 5.41) is 3.50. The second kappa shape index (κ2) is 6.95. The Morgan fingerprint density at radius 1 is 1.35 bits per heavy atom. The largest absolute Gasteiger partial charge is 0.496 e. The molecule has 0 aliphatic rings. The van der Waals surface area contributed by atoms with Crippen LogP contribution in [0.4, 0.5) is 0 Å². The molecule has 1 heterocycles. The molecule has 2 rings (SSSR count). The summed E-state index contributed by atoms with van der Waals surface area (Å²) in [6, 6.07) is 8.47. The van der Waals surface area contributed by atoms with Crippen molar-refractivity contribution in [2.24, 2.45) is 0 Å². The van der Waals surface area contributed by atoms with Crippen molar-refractivity contribution in [1.29, 1.82) is 0 Å². The number of aryl methyl sites for hydroxylation is 1. The molecular formula is C16H20BrNO2. The van der Waals surface area contributed by atoms with Crippen LogP contribution in [-0.4, -0.2) is 13.7 Å². The van der Waals surface area contributed by atoms with Gasteiger partial charge in [0.2, 0.25) is 0 Å². The van der Waals surface area contributed by atoms with Gasteiger partial charge in [-0.1, -0.05) is 24.6 Å². The molecule has 1 aromatic carbocycles. The molecule has 3 nitrogen and oxygen atoms in total. The highest BCUT2D eigenvalue weighted by molar-refractivity contribution is 9.10. The highest BCUT2D eigenvalue weighted by Crippen LogP contribution is 2.30. The Bertz CT molecular complexity index is 565. The van der Waals surface area contributed by atoms with E-state index < -0.39 is 0 Å². The third-order valence-electron chi connectivity index (χ3n) is 3.33. The average Bonchev–Trinajstić information content (AvgIpc) is 2.85. The van der Waals surface area contributed by atoms with E-state index in [9.17, 15) is 0 Å². The van der Waals surface area contributed by atoms with E-state index in [1.54, 1.807) is 13.4 Å². The number of nitrogens with one attached hydrogen (secondary N) is 1. The van der Waals surface area contributed by atoms with Crippen LogP contribution in [0.25, 0.3) is 0 Å². The van der Waals surface area contributed by atoms with Gasteiger partial charge >= 0.3 is 0 Å². The predicted molar refractivity (Wildman–Crippen MR) is 84.3 cm³/mol. The van der Waals surface area contributed by atoms with Crippen LogP contribution < -0.4 is 10.1 Å². The van der Waals surface area contributed by atoms with E-state index in [-0.39, 0.29) is 6.04 Å². The van der Waals surface area contributed by atoms with Crippen molar-refractivity contribution in [2.45, 2.75) is 26.3 Å². The molecule has 108 valence electrons. The second-order valence-electron chi connectivity index (χ2n) is 4.78. The minimum Gasteiger partial charge on any atom is -0.496 e. The molecule has 0 aliphatic heterocycles. The third kappa shape index (κ3) is 3.44. The summed E-state index contributed by atoms with van der Waals surface area (Å²) < 4.78 is 11.6. The Balaban J connectivity index is 2.29. The molecule has 0 bridgehead atoms. The van der Waals surface area contributed by atoms with Crippen molar-refractivity contribution in [3.8, 4) is 5.75 Å². The van der Waals surface area contributed by atoms with Gasteiger partial charge in [-0.25, -0.2) is 0 Å². The normalized spacial score (nSPS) is 12.4. The molecule has 1 N–H and O–H groups in total. The zero-order valence-electron chi connectivity index (χ0n) is 12.1. The Labute approximate surface area is 128 Å². The van der Waals surface area contributed by atoms with Crippen molar-refractivity contribution in [3.63, 3.8) is 0 Å². The van der Waals surface area contributed by atoms with Gasteiger partial charge in [0, 0.05) is 11.6 Å². The Morgan fingerprint density at radius 3 is 2.75 bits per heavy atom. The van der Waals surface area contributed by atoms with Gasteiger partial charge in [-0.2, -0.15) is 0 Å². The third-order valence-corrected chi connectivity index (χ3v) is 3.98. The van der Waals surface area contributed by atoms with Crippen LogP contribution in [0.3, 0.4) is 0 Å². The molecule has 0 aliphatic carbocycles. The van der Waals surface area contributed by atoms with Crippen LogP contribution in [0, 0.1) is 6.92 Å². The molecule has 1 atom stereocenters. The molecule has 0 radical (unpaired) electrons. The Morgan fingerprint density at radius 2 is 2.15 bits per heavy atom. The molecule has 1 unspecified atom stereocenters.